The molecule has 0 fully saturated rings. The van der Waals surface area contributed by atoms with Crippen molar-refractivity contribution in [1.29, 1.82) is 0 Å². The number of carbonyl (C=O) groups is 1. The Hall–Kier alpha value is -0.850. The van der Waals surface area contributed by atoms with Crippen LogP contribution in [0, 0.1) is 0 Å². The first-order chi connectivity index (χ1) is 8.92. The Balaban J connectivity index is 2.20. The van der Waals surface area contributed by atoms with Crippen molar-refractivity contribution in [3.63, 3.8) is 0 Å². The van der Waals surface area contributed by atoms with E-state index in [9.17, 15) is 4.79 Å². The molecule has 1 heteroatoms. The molecule has 1 nitrogen and oxygen atoms in total. The largest absolute Gasteiger partial charge is 0.298 e. The normalized spacial score (nSPS) is 30.3. The molecule has 0 aromatic rings. The van der Waals surface area contributed by atoms with Crippen molar-refractivity contribution in [1.82, 2.24) is 0 Å². The number of aldehydes is 1. The van der Waals surface area contributed by atoms with Gasteiger partial charge in [-0.3, -0.25) is 4.79 Å². The van der Waals surface area contributed by atoms with Crippen molar-refractivity contribution in [2.24, 2.45) is 0 Å². The number of carbonyl (C=O) groups excluding carboxylic acids is 1. The zero-order chi connectivity index (χ0) is 12.6. The first kappa shape index (κ1) is 13.6. The van der Waals surface area contributed by atoms with Gasteiger partial charge in [0.1, 0.15) is 6.29 Å². The molecule has 0 aromatic heterocycles. The maximum absolute atomic E-state index is 11.3. The quantitative estimate of drug-likeness (QED) is 0.618. The second-order valence-corrected chi connectivity index (χ2v) is 5.72. The van der Waals surface area contributed by atoms with E-state index in [0.29, 0.717) is 0 Å². The molecule has 0 radical (unpaired) electrons. The monoisotopic (exact) mass is 246 g/mol. The Bertz CT molecular complexity index is 336. The highest BCUT2D eigenvalue weighted by atomic mass is 16.1. The number of hydrogen-bond acceptors (Lipinski definition) is 1. The lowest BCUT2D eigenvalue weighted by Crippen LogP contribution is -2.03. The van der Waals surface area contributed by atoms with Gasteiger partial charge in [-0.2, -0.15) is 0 Å². The van der Waals surface area contributed by atoms with Gasteiger partial charge >= 0.3 is 0 Å². The summed E-state index contributed by atoms with van der Waals surface area (Å²) >= 11 is 0. The van der Waals surface area contributed by atoms with E-state index in [2.05, 4.69) is 6.08 Å². The Morgan fingerprint density at radius 2 is 1.44 bits per heavy atom. The average molecular weight is 246 g/mol. The van der Waals surface area contributed by atoms with E-state index in [1.165, 1.54) is 75.4 Å². The van der Waals surface area contributed by atoms with E-state index in [1.807, 2.05) is 0 Å². The van der Waals surface area contributed by atoms with E-state index < -0.39 is 0 Å². The third kappa shape index (κ3) is 3.83. The molecule has 0 N–H and O–H groups in total. The third-order valence-electron chi connectivity index (χ3n) is 4.33. The number of hydrogen-bond donors (Lipinski definition) is 0. The van der Waals surface area contributed by atoms with Crippen molar-refractivity contribution in [3.8, 4) is 0 Å². The van der Waals surface area contributed by atoms with Crippen molar-refractivity contribution in [2.45, 2.75) is 77.0 Å². The minimum Gasteiger partial charge on any atom is -0.298 e. The molecule has 18 heavy (non-hydrogen) atoms. The summed E-state index contributed by atoms with van der Waals surface area (Å²) < 4.78 is 0. The summed E-state index contributed by atoms with van der Waals surface area (Å²) in [5.41, 5.74) is 4.05. The van der Waals surface area contributed by atoms with Crippen molar-refractivity contribution in [2.75, 3.05) is 0 Å². The lowest BCUT2D eigenvalue weighted by Gasteiger charge is -2.19. The topological polar surface area (TPSA) is 17.1 Å². The molecule has 0 heterocycles. The van der Waals surface area contributed by atoms with E-state index >= 15 is 0 Å². The van der Waals surface area contributed by atoms with Gasteiger partial charge in [0.25, 0.3) is 0 Å². The van der Waals surface area contributed by atoms with Crippen molar-refractivity contribution >= 4 is 6.29 Å². The van der Waals surface area contributed by atoms with Crippen LogP contribution in [0.2, 0.25) is 0 Å². The molecule has 0 saturated heterocycles. The fraction of sp³-hybridized carbons (Fsp3) is 0.706. The summed E-state index contributed by atoms with van der Waals surface area (Å²) in [6.07, 6.45) is 18.6. The number of allylic oxidation sites excluding steroid dienone is 4. The van der Waals surface area contributed by atoms with Crippen LogP contribution in [0.25, 0.3) is 0 Å². The summed E-state index contributed by atoms with van der Waals surface area (Å²) in [5.74, 6) is 0. The molecule has 0 amide bonds. The Morgan fingerprint density at radius 1 is 0.778 bits per heavy atom. The SMILES string of the molecule is O=C/C1=C(\C2=C\CCCCCC2)CCCCCC1. The summed E-state index contributed by atoms with van der Waals surface area (Å²) in [7, 11) is 0. The van der Waals surface area contributed by atoms with Crippen LogP contribution in [-0.2, 0) is 4.79 Å². The van der Waals surface area contributed by atoms with Crippen molar-refractivity contribution in [3.05, 3.63) is 22.8 Å². The molecule has 0 aliphatic heterocycles. The second-order valence-electron chi connectivity index (χ2n) is 5.72. The summed E-state index contributed by atoms with van der Waals surface area (Å²) in [4.78, 5) is 11.3. The molecule has 0 saturated carbocycles. The maximum atomic E-state index is 11.3. The smallest absolute Gasteiger partial charge is 0.146 e. The van der Waals surface area contributed by atoms with Crippen LogP contribution in [-0.4, -0.2) is 6.29 Å². The van der Waals surface area contributed by atoms with Gasteiger partial charge < -0.3 is 0 Å². The van der Waals surface area contributed by atoms with Gasteiger partial charge in [-0.1, -0.05) is 31.8 Å². The fourth-order valence-electron chi connectivity index (χ4n) is 3.24. The average Bonchev–Trinajstić information content (AvgIpc) is 2.30. The van der Waals surface area contributed by atoms with Gasteiger partial charge in [-0.05, 0) is 68.1 Å². The van der Waals surface area contributed by atoms with Crippen LogP contribution in [0.15, 0.2) is 22.8 Å². The van der Waals surface area contributed by atoms with Crippen LogP contribution in [0.1, 0.15) is 77.0 Å². The van der Waals surface area contributed by atoms with E-state index in [4.69, 9.17) is 0 Å². The first-order valence-electron chi connectivity index (χ1n) is 7.78. The zero-order valence-electron chi connectivity index (χ0n) is 11.5. The summed E-state index contributed by atoms with van der Waals surface area (Å²) in [6.45, 7) is 0. The summed E-state index contributed by atoms with van der Waals surface area (Å²) in [6, 6.07) is 0. The van der Waals surface area contributed by atoms with Crippen LogP contribution in [0.4, 0.5) is 0 Å². The van der Waals surface area contributed by atoms with Gasteiger partial charge in [-0.15, -0.1) is 0 Å². The lowest BCUT2D eigenvalue weighted by molar-refractivity contribution is -0.105. The molecule has 0 unspecified atom stereocenters. The van der Waals surface area contributed by atoms with Crippen LogP contribution in [0.5, 0.6) is 0 Å². The van der Waals surface area contributed by atoms with E-state index in [0.717, 1.165) is 24.7 Å². The van der Waals surface area contributed by atoms with Crippen LogP contribution >= 0.6 is 0 Å². The molecule has 2 aliphatic carbocycles. The second kappa shape index (κ2) is 7.56. The molecular formula is C17H26O. The molecule has 100 valence electrons. The highest BCUT2D eigenvalue weighted by Crippen LogP contribution is 2.31. The Kier molecular flexibility index (Phi) is 5.70. The van der Waals surface area contributed by atoms with Gasteiger partial charge in [0.05, 0.1) is 0 Å². The molecule has 0 bridgehead atoms. The van der Waals surface area contributed by atoms with Gasteiger partial charge in [0, 0.05) is 0 Å². The van der Waals surface area contributed by atoms with Gasteiger partial charge in [0.15, 0.2) is 0 Å². The molecule has 0 spiro atoms. The zero-order valence-corrected chi connectivity index (χ0v) is 11.5. The third-order valence-corrected chi connectivity index (χ3v) is 4.33. The van der Waals surface area contributed by atoms with E-state index in [-0.39, 0.29) is 0 Å². The summed E-state index contributed by atoms with van der Waals surface area (Å²) in [5, 5.41) is 0. The van der Waals surface area contributed by atoms with Gasteiger partial charge in [0.2, 0.25) is 0 Å². The number of rotatable bonds is 2. The molecular weight excluding hydrogens is 220 g/mol. The molecule has 0 aromatic carbocycles. The highest BCUT2D eigenvalue weighted by molar-refractivity contribution is 5.76. The minimum atomic E-state index is 1.01. The predicted octanol–water partition coefficient (Wildman–Crippen LogP) is 5.12. The van der Waals surface area contributed by atoms with Crippen LogP contribution < -0.4 is 0 Å². The minimum absolute atomic E-state index is 1.01. The van der Waals surface area contributed by atoms with E-state index in [1.54, 1.807) is 0 Å². The maximum Gasteiger partial charge on any atom is 0.146 e. The molecule has 2 aliphatic rings. The predicted molar refractivity (Wildman–Crippen MR) is 76.6 cm³/mol. The van der Waals surface area contributed by atoms with Crippen molar-refractivity contribution < 1.29 is 4.79 Å². The van der Waals surface area contributed by atoms with Crippen LogP contribution in [0.3, 0.4) is 0 Å². The Labute approximate surface area is 111 Å². The lowest BCUT2D eigenvalue weighted by atomic mass is 9.86. The first-order valence-corrected chi connectivity index (χ1v) is 7.78. The highest BCUT2D eigenvalue weighted by Gasteiger charge is 2.14. The fourth-order valence-corrected chi connectivity index (χ4v) is 3.24. The standard InChI is InChI=1S/C17H26O/c18-14-16-12-8-4-5-9-13-17(16)15-10-6-2-1-3-7-11-15/h10,14H,1-9,11-13H2/b15-10+,17-16-. The Morgan fingerprint density at radius 3 is 2.22 bits per heavy atom. The molecule has 2 rings (SSSR count). The molecule has 0 atom stereocenters. The van der Waals surface area contributed by atoms with Gasteiger partial charge in [-0.25, -0.2) is 0 Å².